The normalized spacial score (nSPS) is 18.8. The summed E-state index contributed by atoms with van der Waals surface area (Å²) in [6.45, 7) is 6.79. The van der Waals surface area contributed by atoms with Crippen LogP contribution in [0.2, 0.25) is 0 Å². The van der Waals surface area contributed by atoms with Crippen LogP contribution >= 0.6 is 0 Å². The van der Waals surface area contributed by atoms with Gasteiger partial charge in [-0.25, -0.2) is 4.39 Å². The van der Waals surface area contributed by atoms with Crippen molar-refractivity contribution in [1.82, 2.24) is 4.90 Å². The van der Waals surface area contributed by atoms with Gasteiger partial charge in [-0.3, -0.25) is 9.69 Å². The number of Topliss-reactive ketones (excluding diaryl/α,β-unsaturated/α-hetero) is 1. The van der Waals surface area contributed by atoms with Gasteiger partial charge in [-0.15, -0.1) is 0 Å². The zero-order chi connectivity index (χ0) is 16.1. The summed E-state index contributed by atoms with van der Waals surface area (Å²) < 4.78 is 18.7. The number of rotatable bonds is 5. The zero-order valence-corrected chi connectivity index (χ0v) is 13.6. The first-order chi connectivity index (χ1) is 10.5. The Balaban J connectivity index is 2.05. The van der Waals surface area contributed by atoms with Gasteiger partial charge in [0.25, 0.3) is 0 Å². The third-order valence-electron chi connectivity index (χ3n) is 4.07. The highest BCUT2D eigenvalue weighted by molar-refractivity contribution is 5.98. The molecule has 2 rings (SSSR count). The number of allylic oxidation sites excluding steroid dienone is 1. The number of halogens is 1. The van der Waals surface area contributed by atoms with Crippen LogP contribution in [0.1, 0.15) is 37.0 Å². The van der Waals surface area contributed by atoms with Gasteiger partial charge in [-0.05, 0) is 51.4 Å². The fourth-order valence-corrected chi connectivity index (χ4v) is 2.80. The number of hydrogen-bond donors (Lipinski definition) is 0. The van der Waals surface area contributed by atoms with Crippen LogP contribution in [0.3, 0.4) is 0 Å². The van der Waals surface area contributed by atoms with E-state index in [0.717, 1.165) is 32.5 Å². The molecule has 120 valence electrons. The number of carbonyl (C=O) groups is 1. The van der Waals surface area contributed by atoms with Crippen LogP contribution in [0.25, 0.3) is 0 Å². The van der Waals surface area contributed by atoms with Crippen LogP contribution in [0.15, 0.2) is 29.8 Å². The second kappa shape index (κ2) is 7.54. The number of hydrogen-bond acceptors (Lipinski definition) is 3. The van der Waals surface area contributed by atoms with E-state index in [1.807, 2.05) is 0 Å². The van der Waals surface area contributed by atoms with Gasteiger partial charge in [0.15, 0.2) is 17.3 Å². The summed E-state index contributed by atoms with van der Waals surface area (Å²) in [7, 11) is 1.42. The number of benzene rings is 1. The first-order valence-corrected chi connectivity index (χ1v) is 7.74. The molecule has 22 heavy (non-hydrogen) atoms. The van der Waals surface area contributed by atoms with Gasteiger partial charge < -0.3 is 4.74 Å². The summed E-state index contributed by atoms with van der Waals surface area (Å²) in [4.78, 5) is 14.9. The van der Waals surface area contributed by atoms with E-state index in [1.54, 1.807) is 6.07 Å². The maximum absolute atomic E-state index is 13.8. The largest absolute Gasteiger partial charge is 0.494 e. The molecule has 0 radical (unpaired) electrons. The van der Waals surface area contributed by atoms with Crippen LogP contribution in [-0.4, -0.2) is 37.4 Å². The first-order valence-electron chi connectivity index (χ1n) is 7.74. The summed E-state index contributed by atoms with van der Waals surface area (Å²) in [6, 6.07) is 4.46. The molecule has 4 heteroatoms. The highest BCUT2D eigenvalue weighted by atomic mass is 19.1. The lowest BCUT2D eigenvalue weighted by atomic mass is 9.90. The van der Waals surface area contributed by atoms with E-state index in [4.69, 9.17) is 4.74 Å². The lowest BCUT2D eigenvalue weighted by molar-refractivity contribution is 0.0831. The minimum atomic E-state index is -0.481. The van der Waals surface area contributed by atoms with Crippen LogP contribution in [0.4, 0.5) is 4.39 Å². The molecule has 3 nitrogen and oxygen atoms in total. The molecule has 1 unspecified atom stereocenters. The molecule has 0 amide bonds. The number of carbonyl (C=O) groups excluding carboxylic acids is 1. The van der Waals surface area contributed by atoms with E-state index >= 15 is 0 Å². The summed E-state index contributed by atoms with van der Waals surface area (Å²) in [5.41, 5.74) is 1.72. The number of likely N-dealkylation sites (tertiary alicyclic amines) is 1. The molecule has 1 aliphatic rings. The standard InChI is InChI=1S/C18H24FNO2/c1-13(2)8-10-20-9-4-5-15(12-20)18(21)14-6-7-17(22-3)16(19)11-14/h6-8,11,15H,4-5,9-10,12H2,1-3H3. The smallest absolute Gasteiger partial charge is 0.167 e. The Bertz CT molecular complexity index is 564. The maximum atomic E-state index is 13.8. The fourth-order valence-electron chi connectivity index (χ4n) is 2.80. The van der Waals surface area contributed by atoms with Gasteiger partial charge >= 0.3 is 0 Å². The van der Waals surface area contributed by atoms with E-state index in [0.29, 0.717) is 5.56 Å². The van der Waals surface area contributed by atoms with E-state index in [1.165, 1.54) is 24.8 Å². The second-order valence-electron chi connectivity index (χ2n) is 6.09. The topological polar surface area (TPSA) is 29.5 Å². The molecule has 1 aromatic rings. The Kier molecular flexibility index (Phi) is 5.72. The average Bonchev–Trinajstić information content (AvgIpc) is 2.52. The molecule has 0 N–H and O–H groups in total. The third-order valence-corrected chi connectivity index (χ3v) is 4.07. The monoisotopic (exact) mass is 305 g/mol. The Morgan fingerprint density at radius 2 is 2.23 bits per heavy atom. The highest BCUT2D eigenvalue weighted by Crippen LogP contribution is 2.24. The number of methoxy groups -OCH3 is 1. The van der Waals surface area contributed by atoms with Crippen LogP contribution < -0.4 is 4.74 Å². The minimum absolute atomic E-state index is 0.0310. The van der Waals surface area contributed by atoms with Crippen molar-refractivity contribution in [1.29, 1.82) is 0 Å². The van der Waals surface area contributed by atoms with Crippen molar-refractivity contribution in [3.05, 3.63) is 41.2 Å². The van der Waals surface area contributed by atoms with E-state index in [9.17, 15) is 9.18 Å². The Morgan fingerprint density at radius 1 is 1.45 bits per heavy atom. The van der Waals surface area contributed by atoms with Crippen molar-refractivity contribution < 1.29 is 13.9 Å². The Morgan fingerprint density at radius 3 is 2.86 bits per heavy atom. The molecule has 1 atom stereocenters. The molecule has 0 bridgehead atoms. The summed E-state index contributed by atoms with van der Waals surface area (Å²) in [5.74, 6) is -0.327. The number of ether oxygens (including phenoxy) is 1. The lowest BCUT2D eigenvalue weighted by Gasteiger charge is -2.31. The van der Waals surface area contributed by atoms with Crippen molar-refractivity contribution in [3.63, 3.8) is 0 Å². The Hall–Kier alpha value is -1.68. The molecular formula is C18H24FNO2. The molecule has 1 heterocycles. The molecule has 0 saturated carbocycles. The minimum Gasteiger partial charge on any atom is -0.494 e. The van der Waals surface area contributed by atoms with Crippen LogP contribution in [0, 0.1) is 11.7 Å². The molecule has 1 aliphatic heterocycles. The average molecular weight is 305 g/mol. The predicted molar refractivity (Wildman–Crippen MR) is 85.9 cm³/mol. The number of ketones is 1. The van der Waals surface area contributed by atoms with E-state index < -0.39 is 5.82 Å². The van der Waals surface area contributed by atoms with Gasteiger partial charge in [0, 0.05) is 24.6 Å². The predicted octanol–water partition coefficient (Wildman–Crippen LogP) is 3.70. The van der Waals surface area contributed by atoms with Gasteiger partial charge in [-0.2, -0.15) is 0 Å². The second-order valence-corrected chi connectivity index (χ2v) is 6.09. The van der Waals surface area contributed by atoms with Crippen molar-refractivity contribution in [2.75, 3.05) is 26.7 Å². The molecule has 1 aromatic carbocycles. The van der Waals surface area contributed by atoms with Gasteiger partial charge in [0.2, 0.25) is 0 Å². The van der Waals surface area contributed by atoms with Gasteiger partial charge in [-0.1, -0.05) is 11.6 Å². The molecular weight excluding hydrogens is 281 g/mol. The van der Waals surface area contributed by atoms with Gasteiger partial charge in [0.05, 0.1) is 7.11 Å². The lowest BCUT2D eigenvalue weighted by Crippen LogP contribution is -2.38. The summed E-state index contributed by atoms with van der Waals surface area (Å²) in [5, 5.41) is 0. The van der Waals surface area contributed by atoms with Crippen LogP contribution in [0.5, 0.6) is 5.75 Å². The Labute approximate surface area is 131 Å². The van der Waals surface area contributed by atoms with Gasteiger partial charge in [0.1, 0.15) is 0 Å². The number of nitrogens with zero attached hydrogens (tertiary/aromatic N) is 1. The van der Waals surface area contributed by atoms with Crippen molar-refractivity contribution in [2.24, 2.45) is 5.92 Å². The molecule has 0 aromatic heterocycles. The third kappa shape index (κ3) is 4.17. The maximum Gasteiger partial charge on any atom is 0.167 e. The SMILES string of the molecule is COc1ccc(C(=O)C2CCCN(CC=C(C)C)C2)cc1F. The van der Waals surface area contributed by atoms with E-state index in [-0.39, 0.29) is 17.5 Å². The van der Waals surface area contributed by atoms with Crippen molar-refractivity contribution >= 4 is 5.78 Å². The molecule has 0 aliphatic carbocycles. The molecule has 1 saturated heterocycles. The van der Waals surface area contributed by atoms with Crippen molar-refractivity contribution in [2.45, 2.75) is 26.7 Å². The molecule has 0 spiro atoms. The first kappa shape index (κ1) is 16.7. The quantitative estimate of drug-likeness (QED) is 0.614. The van der Waals surface area contributed by atoms with Crippen LogP contribution in [-0.2, 0) is 0 Å². The summed E-state index contributed by atoms with van der Waals surface area (Å²) in [6.07, 6.45) is 4.06. The molecule has 1 fully saturated rings. The fraction of sp³-hybridized carbons (Fsp3) is 0.500. The highest BCUT2D eigenvalue weighted by Gasteiger charge is 2.26. The number of piperidine rings is 1. The summed E-state index contributed by atoms with van der Waals surface area (Å²) >= 11 is 0. The zero-order valence-electron chi connectivity index (χ0n) is 13.6. The van der Waals surface area contributed by atoms with E-state index in [2.05, 4.69) is 24.8 Å². The van der Waals surface area contributed by atoms with Crippen molar-refractivity contribution in [3.8, 4) is 5.75 Å².